The molecule has 6 rings (SSSR count). The number of carboxylic acids is 1. The Kier molecular flexibility index (Phi) is 9.30. The van der Waals surface area contributed by atoms with Gasteiger partial charge in [-0.1, -0.05) is 37.6 Å². The van der Waals surface area contributed by atoms with Crippen molar-refractivity contribution in [1.82, 2.24) is 4.98 Å². The van der Waals surface area contributed by atoms with Gasteiger partial charge in [0.25, 0.3) is 0 Å². The van der Waals surface area contributed by atoms with Crippen molar-refractivity contribution in [3.05, 3.63) is 82.1 Å². The fourth-order valence-electron chi connectivity index (χ4n) is 8.34. The van der Waals surface area contributed by atoms with Crippen LogP contribution in [-0.4, -0.2) is 41.4 Å². The number of aliphatic carboxylic acids is 1. The molecule has 45 heavy (non-hydrogen) atoms. The van der Waals surface area contributed by atoms with Crippen molar-refractivity contribution in [2.45, 2.75) is 88.5 Å². The van der Waals surface area contributed by atoms with Gasteiger partial charge in [-0.2, -0.15) is 0 Å². The Morgan fingerprint density at radius 3 is 2.73 bits per heavy atom. The summed E-state index contributed by atoms with van der Waals surface area (Å²) >= 11 is 6.25. The summed E-state index contributed by atoms with van der Waals surface area (Å²) in [5.41, 5.74) is 10.4. The van der Waals surface area contributed by atoms with E-state index in [9.17, 15) is 9.90 Å². The number of nitrogens with one attached hydrogen (secondary N) is 1. The first-order valence-electron chi connectivity index (χ1n) is 16.6. The number of nitrogens with zero attached hydrogens (tertiary/aromatic N) is 1. The Bertz CT molecular complexity index is 1520. The lowest BCUT2D eigenvalue weighted by molar-refractivity contribution is -0.144. The molecule has 0 aliphatic heterocycles. The van der Waals surface area contributed by atoms with Crippen LogP contribution in [0.1, 0.15) is 87.1 Å². The molecule has 7 nitrogen and oxygen atoms in total. The van der Waals surface area contributed by atoms with Crippen molar-refractivity contribution in [3.63, 3.8) is 0 Å². The van der Waals surface area contributed by atoms with E-state index in [1.165, 1.54) is 35.2 Å². The summed E-state index contributed by atoms with van der Waals surface area (Å²) in [6, 6.07) is 15.8. The number of fused-ring (bicyclic) bond motifs is 3. The van der Waals surface area contributed by atoms with E-state index in [1.54, 1.807) is 12.1 Å². The van der Waals surface area contributed by atoms with Gasteiger partial charge in [0, 0.05) is 34.7 Å². The maximum atomic E-state index is 12.8. The number of carboxylic acid groups (broad SMARTS) is 1. The van der Waals surface area contributed by atoms with Crippen LogP contribution in [0.15, 0.2) is 54.7 Å². The fraction of sp³-hybridized carbons (Fsp3) is 0.514. The van der Waals surface area contributed by atoms with Gasteiger partial charge >= 0.3 is 5.97 Å². The van der Waals surface area contributed by atoms with E-state index in [0.717, 1.165) is 49.3 Å². The third kappa shape index (κ3) is 6.39. The van der Waals surface area contributed by atoms with Crippen LogP contribution in [0, 0.1) is 11.8 Å². The predicted octanol–water partition coefficient (Wildman–Crippen LogP) is 7.54. The van der Waals surface area contributed by atoms with E-state index >= 15 is 0 Å². The number of aromatic nitrogens is 1. The molecule has 8 heteroatoms. The minimum absolute atomic E-state index is 0.134. The Balaban J connectivity index is 1.23. The molecule has 3 aromatic rings. The lowest BCUT2D eigenvalue weighted by atomic mass is 9.59. The van der Waals surface area contributed by atoms with Crippen molar-refractivity contribution < 1.29 is 19.4 Å². The minimum atomic E-state index is -1.05. The smallest absolute Gasteiger partial charge is 0.329 e. The van der Waals surface area contributed by atoms with Gasteiger partial charge in [0.15, 0.2) is 0 Å². The van der Waals surface area contributed by atoms with Crippen molar-refractivity contribution >= 4 is 23.3 Å². The number of aryl methyl sites for hydroxylation is 1. The zero-order chi connectivity index (χ0) is 31.6. The molecule has 3 aliphatic rings. The molecule has 4 N–H and O–H groups in total. The topological polar surface area (TPSA) is 107 Å². The molecule has 1 saturated carbocycles. The summed E-state index contributed by atoms with van der Waals surface area (Å²) in [6.45, 7) is 6.13. The first-order valence-corrected chi connectivity index (χ1v) is 16.9. The lowest BCUT2D eigenvalue weighted by Crippen LogP contribution is -2.53. The highest BCUT2D eigenvalue weighted by molar-refractivity contribution is 6.30. The standard InChI is InChI=1S/C37H46ClN3O4/c1-24(23-45-33-11-17-40-32-8-3-5-25(2)34(32)33)19-27-20-26-9-10-30(44-18-16-39)22-31(26)36(27)12-14-37(15-13-36,35(42)43)41-29-7-4-6-28(38)21-29/h4,6-7,9-11,17,21-22,24-25,27,41H,3,5,8,12-16,18-20,23,39H2,1-2H3,(H,42,43)/t24-,25-,27+,36?,37?/m1/s1. The first kappa shape index (κ1) is 31.7. The van der Waals surface area contributed by atoms with E-state index in [0.29, 0.717) is 55.4 Å². The third-order valence-corrected chi connectivity index (χ3v) is 10.9. The Labute approximate surface area is 271 Å². The molecule has 1 spiro atoms. The van der Waals surface area contributed by atoms with Gasteiger partial charge in [0.1, 0.15) is 23.6 Å². The summed E-state index contributed by atoms with van der Waals surface area (Å²) in [4.78, 5) is 17.5. The van der Waals surface area contributed by atoms with Gasteiger partial charge in [0.05, 0.1) is 6.61 Å². The van der Waals surface area contributed by atoms with Crippen LogP contribution < -0.4 is 20.5 Å². The molecular formula is C37H46ClN3O4. The first-order chi connectivity index (χ1) is 21.7. The molecule has 0 amide bonds. The third-order valence-electron chi connectivity index (χ3n) is 10.7. The number of hydrogen-bond acceptors (Lipinski definition) is 6. The van der Waals surface area contributed by atoms with Gasteiger partial charge in [-0.25, -0.2) is 4.79 Å². The summed E-state index contributed by atoms with van der Waals surface area (Å²) < 4.78 is 12.5. The number of carbonyl (C=O) groups is 1. The molecule has 0 unspecified atom stereocenters. The van der Waals surface area contributed by atoms with E-state index in [4.69, 9.17) is 26.8 Å². The largest absolute Gasteiger partial charge is 0.493 e. The van der Waals surface area contributed by atoms with E-state index in [1.807, 2.05) is 24.4 Å². The summed E-state index contributed by atoms with van der Waals surface area (Å²) in [6.07, 6.45) is 9.82. The maximum absolute atomic E-state index is 12.8. The maximum Gasteiger partial charge on any atom is 0.329 e. The second-order valence-corrected chi connectivity index (χ2v) is 14.1. The minimum Gasteiger partial charge on any atom is -0.493 e. The molecule has 0 bridgehead atoms. The lowest BCUT2D eigenvalue weighted by Gasteiger charge is -2.47. The predicted molar refractivity (Wildman–Crippen MR) is 179 cm³/mol. The Hall–Kier alpha value is -3.29. The van der Waals surface area contributed by atoms with Crippen LogP contribution in [0.3, 0.4) is 0 Å². The molecule has 1 fully saturated rings. The van der Waals surface area contributed by atoms with Gasteiger partial charge in [-0.05, 0) is 128 Å². The van der Waals surface area contributed by atoms with Crippen LogP contribution in [-0.2, 0) is 23.1 Å². The van der Waals surface area contributed by atoms with Crippen molar-refractivity contribution in [1.29, 1.82) is 0 Å². The van der Waals surface area contributed by atoms with E-state index in [2.05, 4.69) is 42.3 Å². The fourth-order valence-corrected chi connectivity index (χ4v) is 8.53. The molecule has 240 valence electrons. The number of hydrogen-bond donors (Lipinski definition) is 3. The van der Waals surface area contributed by atoms with Crippen LogP contribution in [0.5, 0.6) is 11.5 Å². The SMILES string of the molecule is C[C@@H](COc1ccnc2c1[C@H](C)CCC2)C[C@H]1Cc2ccc(OCCN)cc2C12CCC(Nc1cccc(Cl)c1)(C(=O)O)CC2. The van der Waals surface area contributed by atoms with E-state index < -0.39 is 11.5 Å². The van der Waals surface area contributed by atoms with E-state index in [-0.39, 0.29) is 5.41 Å². The molecule has 2 aromatic carbocycles. The molecule has 3 aliphatic carbocycles. The zero-order valence-corrected chi connectivity index (χ0v) is 27.2. The van der Waals surface area contributed by atoms with Gasteiger partial charge in [-0.3, -0.25) is 4.98 Å². The van der Waals surface area contributed by atoms with Crippen molar-refractivity contribution in [2.75, 3.05) is 25.1 Å². The Morgan fingerprint density at radius 1 is 1.16 bits per heavy atom. The number of rotatable bonds is 11. The Morgan fingerprint density at radius 2 is 1.98 bits per heavy atom. The zero-order valence-electron chi connectivity index (χ0n) is 26.5. The molecule has 1 aromatic heterocycles. The van der Waals surface area contributed by atoms with Gasteiger partial charge in [-0.15, -0.1) is 0 Å². The monoisotopic (exact) mass is 631 g/mol. The molecular weight excluding hydrogens is 586 g/mol. The number of benzene rings is 2. The van der Waals surface area contributed by atoms with Crippen LogP contribution in [0.25, 0.3) is 0 Å². The number of ether oxygens (including phenoxy) is 2. The summed E-state index contributed by atoms with van der Waals surface area (Å²) in [7, 11) is 0. The summed E-state index contributed by atoms with van der Waals surface area (Å²) in [5.74, 6) is 2.17. The van der Waals surface area contributed by atoms with Crippen LogP contribution in [0.4, 0.5) is 5.69 Å². The molecule has 0 radical (unpaired) electrons. The second-order valence-electron chi connectivity index (χ2n) is 13.7. The quantitative estimate of drug-likeness (QED) is 0.201. The second kappa shape index (κ2) is 13.2. The summed E-state index contributed by atoms with van der Waals surface area (Å²) in [5, 5.41) is 14.5. The normalized spacial score (nSPS) is 26.1. The molecule has 0 saturated heterocycles. The number of nitrogens with two attached hydrogens (primary N) is 1. The average molecular weight is 632 g/mol. The van der Waals surface area contributed by atoms with Crippen molar-refractivity contribution in [2.24, 2.45) is 17.6 Å². The molecule has 3 atom stereocenters. The number of anilines is 1. The highest BCUT2D eigenvalue weighted by Crippen LogP contribution is 2.56. The molecule has 1 heterocycles. The number of halogens is 1. The number of pyridine rings is 1. The highest BCUT2D eigenvalue weighted by atomic mass is 35.5. The van der Waals surface area contributed by atoms with Gasteiger partial charge in [0.2, 0.25) is 0 Å². The van der Waals surface area contributed by atoms with Crippen LogP contribution >= 0.6 is 11.6 Å². The average Bonchev–Trinajstić information content (AvgIpc) is 3.31. The van der Waals surface area contributed by atoms with Gasteiger partial charge < -0.3 is 25.6 Å². The highest BCUT2D eigenvalue weighted by Gasteiger charge is 2.54. The van der Waals surface area contributed by atoms with Crippen LogP contribution in [0.2, 0.25) is 5.02 Å². The van der Waals surface area contributed by atoms with Crippen molar-refractivity contribution in [3.8, 4) is 11.5 Å².